The monoisotopic (exact) mass is 1080 g/mol. The minimum Gasteiger partial charge on any atom is -0.456 e. The van der Waals surface area contributed by atoms with E-state index in [1.54, 1.807) is 0 Å². The Hall–Kier alpha value is -9.53. The third kappa shape index (κ3) is 8.36. The molecule has 0 saturated carbocycles. The van der Waals surface area contributed by atoms with Crippen LogP contribution in [0.25, 0.3) is 66.5 Å². The third-order valence-corrected chi connectivity index (χ3v) is 17.1. The molecule has 13 aromatic rings. The molecule has 0 saturated heterocycles. The van der Waals surface area contributed by atoms with Crippen LogP contribution in [0.2, 0.25) is 0 Å². The quantitative estimate of drug-likeness (QED) is 0.147. The van der Waals surface area contributed by atoms with Crippen LogP contribution in [-0.2, 0) is 16.2 Å². The van der Waals surface area contributed by atoms with Crippen molar-refractivity contribution in [2.24, 2.45) is 0 Å². The molecule has 404 valence electrons. The second-order valence-electron chi connectivity index (χ2n) is 25.7. The van der Waals surface area contributed by atoms with Crippen LogP contribution < -0.4 is 31.2 Å². The van der Waals surface area contributed by atoms with E-state index in [-0.39, 0.29) is 23.0 Å². The van der Waals surface area contributed by atoms with Gasteiger partial charge in [0.2, 0.25) is 11.8 Å². The van der Waals surface area contributed by atoms with Crippen LogP contribution in [0.4, 0.5) is 51.4 Å². The highest BCUT2D eigenvalue weighted by atomic mass is 16.4. The van der Waals surface area contributed by atoms with Crippen molar-refractivity contribution < 1.29 is 13.3 Å². The number of furan rings is 2. The van der Waals surface area contributed by atoms with Crippen molar-refractivity contribution in [3.05, 3.63) is 235 Å². The van der Waals surface area contributed by atoms with Crippen LogP contribution in [0.1, 0.15) is 79.0 Å². The standard InChI is InChI=1S/C75H63BN4O3/c1-73(2,3)49-27-30-54(31-28-49)79-62-45-56(78(52-21-15-11-16-22-52)53-23-17-12-18-24-53)32-34-61(62)76-69-63(79)42-51(75(7,8)9)43-64(69)80(55-33-38-68-60(44-55)57-39-47(25-35-65(57)82-68)46-19-13-10-14-20-46)72-70(76)77-71(83-72)48-26-36-66-58(40-48)59-41-50(74(4,5)6)29-37-67(59)81-66/h10-45H,1-9H3. The van der Waals surface area contributed by atoms with Crippen molar-refractivity contribution in [3.8, 4) is 22.6 Å². The van der Waals surface area contributed by atoms with Gasteiger partial charge in [-0.25, -0.2) is 4.98 Å². The molecule has 7 nitrogen and oxygen atoms in total. The lowest BCUT2D eigenvalue weighted by molar-refractivity contribution is 0.579. The lowest BCUT2D eigenvalue weighted by Crippen LogP contribution is -2.61. The summed E-state index contributed by atoms with van der Waals surface area (Å²) in [5.41, 5.74) is 21.4. The molecule has 0 unspecified atom stereocenters. The molecule has 0 aliphatic carbocycles. The molecular formula is C75H63BN4O3. The van der Waals surface area contributed by atoms with Gasteiger partial charge in [0.1, 0.15) is 22.3 Å². The van der Waals surface area contributed by atoms with Crippen LogP contribution in [0.15, 0.2) is 232 Å². The van der Waals surface area contributed by atoms with Crippen molar-refractivity contribution in [1.29, 1.82) is 0 Å². The van der Waals surface area contributed by atoms with Crippen LogP contribution in [0.3, 0.4) is 0 Å². The number of benzene rings is 10. The zero-order valence-electron chi connectivity index (χ0n) is 48.4. The number of nitrogens with zero attached hydrogens (tertiary/aromatic N) is 4. The fraction of sp³-hybridized carbons (Fsp3) is 0.160. The van der Waals surface area contributed by atoms with Gasteiger partial charge in [0, 0.05) is 72.6 Å². The third-order valence-electron chi connectivity index (χ3n) is 17.1. The summed E-state index contributed by atoms with van der Waals surface area (Å²) in [6.07, 6.45) is 0. The van der Waals surface area contributed by atoms with Gasteiger partial charge < -0.3 is 23.1 Å². The number of oxazole rings is 1. The van der Waals surface area contributed by atoms with Crippen molar-refractivity contribution in [2.45, 2.75) is 78.6 Å². The fourth-order valence-corrected chi connectivity index (χ4v) is 12.6. The Bertz CT molecular complexity index is 4650. The van der Waals surface area contributed by atoms with Gasteiger partial charge in [-0.15, -0.1) is 0 Å². The average molecular weight is 1080 g/mol. The number of rotatable bonds is 7. The summed E-state index contributed by atoms with van der Waals surface area (Å²) >= 11 is 0. The van der Waals surface area contributed by atoms with E-state index in [9.17, 15) is 0 Å². The summed E-state index contributed by atoms with van der Waals surface area (Å²) < 4.78 is 20.7. The summed E-state index contributed by atoms with van der Waals surface area (Å²) in [5.74, 6) is 1.21. The molecule has 3 aromatic heterocycles. The summed E-state index contributed by atoms with van der Waals surface area (Å²) in [5, 5.41) is 4.16. The van der Waals surface area contributed by atoms with Crippen LogP contribution in [0.5, 0.6) is 0 Å². The molecule has 15 rings (SSSR count). The fourth-order valence-electron chi connectivity index (χ4n) is 12.6. The van der Waals surface area contributed by atoms with Crippen molar-refractivity contribution >= 4 is 118 Å². The second-order valence-corrected chi connectivity index (χ2v) is 25.7. The molecule has 0 N–H and O–H groups in total. The Kier molecular flexibility index (Phi) is 11.2. The Labute approximate surface area is 485 Å². The highest BCUT2D eigenvalue weighted by molar-refractivity contribution is 6.99. The molecule has 0 bridgehead atoms. The van der Waals surface area contributed by atoms with Gasteiger partial charge in [0.05, 0.1) is 5.59 Å². The molecular weight excluding hydrogens is 1020 g/mol. The van der Waals surface area contributed by atoms with Crippen molar-refractivity contribution in [3.63, 3.8) is 0 Å². The Morgan fingerprint density at radius 3 is 1.49 bits per heavy atom. The molecule has 2 aliphatic rings. The van der Waals surface area contributed by atoms with E-state index in [2.05, 4.69) is 295 Å². The van der Waals surface area contributed by atoms with Gasteiger partial charge in [0.25, 0.3) is 6.71 Å². The molecule has 2 aliphatic heterocycles. The molecule has 0 radical (unpaired) electrons. The maximum atomic E-state index is 7.50. The summed E-state index contributed by atoms with van der Waals surface area (Å²) in [6, 6.07) is 79.0. The van der Waals surface area contributed by atoms with Crippen molar-refractivity contribution in [2.75, 3.05) is 14.7 Å². The molecule has 83 heavy (non-hydrogen) atoms. The van der Waals surface area contributed by atoms with Crippen LogP contribution in [-0.4, -0.2) is 11.7 Å². The maximum Gasteiger partial charge on any atom is 0.279 e. The van der Waals surface area contributed by atoms with E-state index < -0.39 is 0 Å². The lowest BCUT2D eigenvalue weighted by atomic mass is 9.35. The predicted molar refractivity (Wildman–Crippen MR) is 347 cm³/mol. The number of anilines is 9. The Morgan fingerprint density at radius 2 is 0.880 bits per heavy atom. The largest absolute Gasteiger partial charge is 0.456 e. The summed E-state index contributed by atoms with van der Waals surface area (Å²) in [4.78, 5) is 13.0. The first-order chi connectivity index (χ1) is 40.0. The topological polar surface area (TPSA) is 62.0 Å². The van der Waals surface area contributed by atoms with Gasteiger partial charge >= 0.3 is 0 Å². The molecule has 8 heteroatoms. The number of fused-ring (bicyclic) bond motifs is 10. The molecule has 10 aromatic carbocycles. The van der Waals surface area contributed by atoms with Gasteiger partial charge in [-0.2, -0.15) is 0 Å². The minimum absolute atomic E-state index is 0.0372. The first-order valence-corrected chi connectivity index (χ1v) is 28.9. The van der Waals surface area contributed by atoms with Gasteiger partial charge in [-0.1, -0.05) is 159 Å². The average Bonchev–Trinajstić information content (AvgIpc) is 1.97. The second kappa shape index (κ2) is 18.5. The van der Waals surface area contributed by atoms with E-state index >= 15 is 0 Å². The zero-order valence-corrected chi connectivity index (χ0v) is 48.4. The van der Waals surface area contributed by atoms with Crippen molar-refractivity contribution in [1.82, 2.24) is 4.98 Å². The highest BCUT2D eigenvalue weighted by Gasteiger charge is 2.48. The van der Waals surface area contributed by atoms with E-state index in [4.69, 9.17) is 18.2 Å². The summed E-state index contributed by atoms with van der Waals surface area (Å²) in [6.45, 7) is 20.2. The summed E-state index contributed by atoms with van der Waals surface area (Å²) in [7, 11) is 0. The molecule has 0 spiro atoms. The van der Waals surface area contributed by atoms with E-state index in [0.29, 0.717) is 11.8 Å². The SMILES string of the molecule is CC(C)(C)c1ccc(N2c3cc(N(c4ccccc4)c4ccccc4)ccc3B3c4nc(-c5ccc6oc7ccc(C(C)(C)C)cc7c6c5)oc4N(c4ccc5oc6ccc(-c7ccccc7)cc6c5c4)c4cc(C(C)(C)C)cc2c43)cc1. The number of aromatic nitrogens is 1. The highest BCUT2D eigenvalue weighted by Crippen LogP contribution is 2.50. The van der Waals surface area contributed by atoms with E-state index in [0.717, 1.165) is 123 Å². The Balaban J connectivity index is 1.01. The number of hydrogen-bond acceptors (Lipinski definition) is 7. The van der Waals surface area contributed by atoms with E-state index in [1.165, 1.54) is 16.7 Å². The van der Waals surface area contributed by atoms with E-state index in [1.807, 2.05) is 0 Å². The first kappa shape index (κ1) is 50.4. The first-order valence-electron chi connectivity index (χ1n) is 28.9. The van der Waals surface area contributed by atoms with Gasteiger partial charge in [0.15, 0.2) is 0 Å². The molecule has 0 amide bonds. The van der Waals surface area contributed by atoms with Gasteiger partial charge in [-0.3, -0.25) is 4.90 Å². The minimum atomic E-state index is -0.325. The zero-order chi connectivity index (χ0) is 56.7. The smallest absolute Gasteiger partial charge is 0.279 e. The lowest BCUT2D eigenvalue weighted by Gasteiger charge is -2.43. The van der Waals surface area contributed by atoms with Crippen LogP contribution >= 0.6 is 0 Å². The van der Waals surface area contributed by atoms with Crippen LogP contribution in [0, 0.1) is 0 Å². The molecule has 0 fully saturated rings. The molecule has 0 atom stereocenters. The predicted octanol–water partition coefficient (Wildman–Crippen LogP) is 19.3. The number of para-hydroxylation sites is 2. The van der Waals surface area contributed by atoms with Gasteiger partial charge in [-0.05, 0) is 176 Å². The number of hydrogen-bond donors (Lipinski definition) is 0. The molecule has 5 heterocycles. The maximum absolute atomic E-state index is 7.50. The Morgan fingerprint density at radius 1 is 0.373 bits per heavy atom. The normalized spacial score (nSPS) is 13.3.